The van der Waals surface area contributed by atoms with Crippen molar-refractivity contribution >= 4 is 35.7 Å². The Morgan fingerprint density at radius 2 is 0.881 bits per heavy atom. The minimum absolute atomic E-state index is 0.0894. The van der Waals surface area contributed by atoms with Gasteiger partial charge in [-0.25, -0.2) is 0 Å². The van der Waals surface area contributed by atoms with Crippen LogP contribution in [-0.4, -0.2) is 35.7 Å². The van der Waals surface area contributed by atoms with Crippen molar-refractivity contribution in [2.45, 2.75) is 40.5 Å². The van der Waals surface area contributed by atoms with Gasteiger partial charge in [0.25, 0.3) is 11.8 Å². The van der Waals surface area contributed by atoms with Gasteiger partial charge < -0.3 is 30.4 Å². The lowest BCUT2D eigenvalue weighted by Crippen LogP contribution is -2.25. The summed E-state index contributed by atoms with van der Waals surface area (Å²) in [5.41, 5.74) is 14.3. The summed E-state index contributed by atoms with van der Waals surface area (Å²) in [6, 6.07) is 6.56. The summed E-state index contributed by atoms with van der Waals surface area (Å²) in [7, 11) is 0. The lowest BCUT2D eigenvalue weighted by atomic mass is 9.76. The molecule has 12 nitrogen and oxygen atoms in total. The molecule has 42 heavy (non-hydrogen) atoms. The summed E-state index contributed by atoms with van der Waals surface area (Å²) < 4.78 is 21.5. The molecular formula is C30H24N2O10. The molecule has 0 fully saturated rings. The van der Waals surface area contributed by atoms with Gasteiger partial charge in [0.2, 0.25) is 0 Å². The number of primary amides is 2. The van der Waals surface area contributed by atoms with Crippen LogP contribution in [-0.2, 0) is 32.0 Å². The molecule has 12 heteroatoms. The molecule has 0 heterocycles. The van der Waals surface area contributed by atoms with Crippen molar-refractivity contribution in [2.24, 2.45) is 11.5 Å². The number of hydrogen-bond acceptors (Lipinski definition) is 10. The van der Waals surface area contributed by atoms with E-state index in [1.807, 2.05) is 0 Å². The van der Waals surface area contributed by atoms with Crippen molar-refractivity contribution in [2.75, 3.05) is 0 Å². The molecule has 0 aromatic heterocycles. The summed E-state index contributed by atoms with van der Waals surface area (Å²) in [6.45, 7) is 4.74. The van der Waals surface area contributed by atoms with Crippen molar-refractivity contribution in [1.29, 1.82) is 0 Å². The predicted molar refractivity (Wildman–Crippen MR) is 145 cm³/mol. The van der Waals surface area contributed by atoms with Gasteiger partial charge in [-0.2, -0.15) is 0 Å². The fourth-order valence-electron chi connectivity index (χ4n) is 5.41. The number of rotatable bonds is 8. The molecule has 214 valence electrons. The Morgan fingerprint density at radius 3 is 1.19 bits per heavy atom. The molecule has 7 rings (SSSR count). The second kappa shape index (κ2) is 10.1. The molecule has 4 aliphatic rings. The molecule has 0 saturated carbocycles. The highest BCUT2D eigenvalue weighted by Crippen LogP contribution is 2.55. The number of esters is 4. The van der Waals surface area contributed by atoms with Crippen LogP contribution >= 0.6 is 0 Å². The molecule has 0 atom stereocenters. The van der Waals surface area contributed by atoms with Crippen molar-refractivity contribution in [1.82, 2.24) is 0 Å². The highest BCUT2D eigenvalue weighted by atomic mass is 16.6. The first kappa shape index (κ1) is 28.0. The molecule has 4 aliphatic carbocycles. The van der Waals surface area contributed by atoms with E-state index in [0.29, 0.717) is 33.4 Å². The number of carbonyl (C=O) groups excluding carboxylic acids is 6. The number of hydrogen-bond donors (Lipinski definition) is 2. The third-order valence-electron chi connectivity index (χ3n) is 6.83. The maximum Gasteiger partial charge on any atom is 0.308 e. The van der Waals surface area contributed by atoms with Gasteiger partial charge in [0.1, 0.15) is 11.5 Å². The molecule has 3 aromatic rings. The molecule has 2 amide bonds. The molecule has 4 bridgehead atoms. The Labute approximate surface area is 238 Å². The van der Waals surface area contributed by atoms with Gasteiger partial charge in [-0.3, -0.25) is 28.8 Å². The van der Waals surface area contributed by atoms with Gasteiger partial charge in [0.15, 0.2) is 11.5 Å². The van der Waals surface area contributed by atoms with E-state index in [0.717, 1.165) is 13.8 Å². The molecule has 0 unspecified atom stereocenters. The van der Waals surface area contributed by atoms with Crippen molar-refractivity contribution in [3.63, 3.8) is 0 Å². The Kier molecular flexibility index (Phi) is 6.77. The van der Waals surface area contributed by atoms with Crippen LogP contribution in [0.3, 0.4) is 0 Å². The van der Waals surface area contributed by atoms with Crippen LogP contribution in [0, 0.1) is 0 Å². The summed E-state index contributed by atoms with van der Waals surface area (Å²) in [4.78, 5) is 73.1. The zero-order valence-electron chi connectivity index (χ0n) is 23.0. The van der Waals surface area contributed by atoms with Gasteiger partial charge in [-0.1, -0.05) is 18.2 Å². The molecule has 3 aromatic carbocycles. The minimum atomic E-state index is -0.887. The molecule has 4 N–H and O–H groups in total. The Bertz CT molecular complexity index is 1680. The van der Waals surface area contributed by atoms with E-state index in [-0.39, 0.29) is 58.1 Å². The van der Waals surface area contributed by atoms with Crippen molar-refractivity contribution in [3.05, 3.63) is 57.6 Å². The van der Waals surface area contributed by atoms with E-state index in [4.69, 9.17) is 30.4 Å². The fraction of sp³-hybridized carbons (Fsp3) is 0.200. The first-order chi connectivity index (χ1) is 19.8. The largest absolute Gasteiger partial charge is 0.426 e. The second-order valence-electron chi connectivity index (χ2n) is 9.77. The van der Waals surface area contributed by atoms with Gasteiger partial charge in [-0.05, 0) is 17.2 Å². The van der Waals surface area contributed by atoms with Crippen molar-refractivity contribution in [3.8, 4) is 45.3 Å². The third-order valence-corrected chi connectivity index (χ3v) is 6.83. The van der Waals surface area contributed by atoms with E-state index in [1.54, 1.807) is 24.3 Å². The van der Waals surface area contributed by atoms with Gasteiger partial charge in [0, 0.05) is 73.9 Å². The summed E-state index contributed by atoms with van der Waals surface area (Å²) >= 11 is 0. The summed E-state index contributed by atoms with van der Waals surface area (Å²) in [6.07, 6.45) is 0.447. The number of carbonyl (C=O) groups is 6. The monoisotopic (exact) mass is 572 g/mol. The number of ether oxygens (including phenoxy) is 4. The average Bonchev–Trinajstić information content (AvgIpc) is 2.87. The van der Waals surface area contributed by atoms with Gasteiger partial charge in [0.05, 0.1) is 11.1 Å². The highest BCUT2D eigenvalue weighted by molar-refractivity contribution is 6.09. The lowest BCUT2D eigenvalue weighted by Gasteiger charge is -2.32. The number of amides is 2. The molecular weight excluding hydrogens is 548 g/mol. The van der Waals surface area contributed by atoms with Crippen molar-refractivity contribution < 1.29 is 47.7 Å². The van der Waals surface area contributed by atoms with E-state index in [2.05, 4.69) is 0 Å². The minimum Gasteiger partial charge on any atom is -0.426 e. The third kappa shape index (κ3) is 4.52. The number of benzene rings is 3. The Balaban J connectivity index is 1.80. The first-order valence-electron chi connectivity index (χ1n) is 12.7. The number of nitrogens with two attached hydrogens (primary N) is 2. The quantitative estimate of drug-likeness (QED) is 0.206. The maximum absolute atomic E-state index is 12.7. The Morgan fingerprint density at radius 1 is 0.548 bits per heavy atom. The zero-order valence-corrected chi connectivity index (χ0v) is 23.0. The van der Waals surface area contributed by atoms with Crippen LogP contribution < -0.4 is 30.4 Å². The topological polar surface area (TPSA) is 191 Å². The van der Waals surface area contributed by atoms with E-state index in [9.17, 15) is 28.8 Å². The van der Waals surface area contributed by atoms with Crippen LogP contribution in [0.4, 0.5) is 0 Å². The smallest absolute Gasteiger partial charge is 0.308 e. The normalized spacial score (nSPS) is 11.9. The maximum atomic E-state index is 12.7. The second-order valence-corrected chi connectivity index (χ2v) is 9.77. The molecule has 0 saturated heterocycles. The summed E-state index contributed by atoms with van der Waals surface area (Å²) in [5, 5.41) is 0. The fourth-order valence-corrected chi connectivity index (χ4v) is 5.41. The molecule has 0 aliphatic heterocycles. The van der Waals surface area contributed by atoms with Crippen LogP contribution in [0.25, 0.3) is 22.3 Å². The SMILES string of the molecule is CC(=O)Oc1c2c(OC(C)=O)c(C(N)=O)c(-c3cccc(-c4c5c(OC(C)=O)c(c(OC(C)=O)c4C(N)=O)C5)c3)c1C2. The molecule has 0 radical (unpaired) electrons. The van der Waals surface area contributed by atoms with Crippen LogP contribution in [0.5, 0.6) is 23.0 Å². The zero-order chi connectivity index (χ0) is 30.6. The standard InChI is InChI=1S/C30H24N2O10/c1-11(33)39-25-17-9-19(25)27(41-13(3)35)23(29(31)37)21(17)15-6-5-7-16(8-15)22-18-10-20(26(18)40-12(2)34)28(42-14(4)36)24(22)30(32)38/h5-8H,9-10H2,1-4H3,(H2,31,37)(H2,32,38). The number of fused-ring (bicyclic) bond motifs is 4. The molecule has 0 spiro atoms. The van der Waals surface area contributed by atoms with E-state index < -0.39 is 35.7 Å². The van der Waals surface area contributed by atoms with Crippen LogP contribution in [0.2, 0.25) is 0 Å². The predicted octanol–water partition coefficient (Wildman–Crippen LogP) is 2.73. The van der Waals surface area contributed by atoms with Gasteiger partial charge in [-0.15, -0.1) is 0 Å². The highest BCUT2D eigenvalue weighted by Gasteiger charge is 2.40. The van der Waals surface area contributed by atoms with Gasteiger partial charge >= 0.3 is 23.9 Å². The summed E-state index contributed by atoms with van der Waals surface area (Å²) in [5.74, 6) is -4.35. The lowest BCUT2D eigenvalue weighted by molar-refractivity contribution is -0.133. The van der Waals surface area contributed by atoms with E-state index in [1.165, 1.54) is 13.8 Å². The van der Waals surface area contributed by atoms with E-state index >= 15 is 0 Å². The van der Waals surface area contributed by atoms with Crippen LogP contribution in [0.1, 0.15) is 70.7 Å². The Hall–Kier alpha value is -5.52. The average molecular weight is 573 g/mol. The first-order valence-corrected chi connectivity index (χ1v) is 12.7. The van der Waals surface area contributed by atoms with Crippen LogP contribution in [0.15, 0.2) is 24.3 Å².